The van der Waals surface area contributed by atoms with Gasteiger partial charge in [-0.1, -0.05) is 0 Å². The van der Waals surface area contributed by atoms with Gasteiger partial charge < -0.3 is 16.0 Å². The Balaban J connectivity index is 1.35. The fourth-order valence-electron chi connectivity index (χ4n) is 4.02. The summed E-state index contributed by atoms with van der Waals surface area (Å²) >= 11 is 1.60. The smallest absolute Gasteiger partial charge is 0.255 e. The van der Waals surface area contributed by atoms with Crippen molar-refractivity contribution in [2.24, 2.45) is 0 Å². The summed E-state index contributed by atoms with van der Waals surface area (Å²) < 4.78 is 1.11. The number of anilines is 3. The number of carbonyl (C=O) groups is 1. The molecular weight excluding hydrogens is 422 g/mol. The Hall–Kier alpha value is -3.46. The standard InChI is InChI=1S/C23H25N7OS/c1-13(2)27-20-9-22(28-16-4-6-19-21(8-16)32-12-25-19)24-11-17(20)23(31)29-15-3-5-18-14(7-15)10-26-30-18/h4,6,8-13,15H,3,5,7H2,1-2H3,(H,26,30)(H,29,31)(H2,24,27,28). The number of H-pyrrole nitrogens is 1. The number of aromatic nitrogens is 4. The quantitative estimate of drug-likeness (QED) is 0.352. The number of pyridine rings is 1. The lowest BCUT2D eigenvalue weighted by Crippen LogP contribution is -2.39. The molecule has 1 unspecified atom stereocenters. The molecular formula is C23H25N7OS. The molecule has 4 N–H and O–H groups in total. The van der Waals surface area contributed by atoms with Gasteiger partial charge >= 0.3 is 0 Å². The Bertz CT molecular complexity index is 1260. The lowest BCUT2D eigenvalue weighted by atomic mass is 9.93. The Kier molecular flexibility index (Phi) is 5.48. The van der Waals surface area contributed by atoms with E-state index >= 15 is 0 Å². The van der Waals surface area contributed by atoms with Gasteiger partial charge in [0.05, 0.1) is 33.2 Å². The Labute approximate surface area is 189 Å². The molecule has 0 aliphatic heterocycles. The van der Waals surface area contributed by atoms with E-state index in [0.717, 1.165) is 40.9 Å². The maximum atomic E-state index is 13.1. The SMILES string of the molecule is CC(C)Nc1cc(Nc2ccc3ncsc3c2)ncc1C(=O)NC1CCc2[nH]ncc2C1. The average Bonchev–Trinajstić information content (AvgIpc) is 3.42. The van der Waals surface area contributed by atoms with Gasteiger partial charge in [-0.15, -0.1) is 11.3 Å². The maximum Gasteiger partial charge on any atom is 0.255 e. The van der Waals surface area contributed by atoms with Crippen LogP contribution in [0.25, 0.3) is 10.2 Å². The summed E-state index contributed by atoms with van der Waals surface area (Å²) in [5.41, 5.74) is 7.40. The number of hydrogen-bond donors (Lipinski definition) is 4. The Morgan fingerprint density at radius 1 is 1.22 bits per heavy atom. The number of thiazole rings is 1. The lowest BCUT2D eigenvalue weighted by Gasteiger charge is -2.24. The summed E-state index contributed by atoms with van der Waals surface area (Å²) in [6.45, 7) is 4.10. The second kappa shape index (κ2) is 8.58. The third kappa shape index (κ3) is 4.29. The fourth-order valence-corrected chi connectivity index (χ4v) is 4.73. The maximum absolute atomic E-state index is 13.1. The molecule has 8 nitrogen and oxygen atoms in total. The lowest BCUT2D eigenvalue weighted by molar-refractivity contribution is 0.0934. The largest absolute Gasteiger partial charge is 0.382 e. The van der Waals surface area contributed by atoms with Crippen molar-refractivity contribution in [2.75, 3.05) is 10.6 Å². The van der Waals surface area contributed by atoms with Crippen molar-refractivity contribution in [3.63, 3.8) is 0 Å². The van der Waals surface area contributed by atoms with Crippen LogP contribution in [-0.2, 0) is 12.8 Å². The number of amides is 1. The highest BCUT2D eigenvalue weighted by Gasteiger charge is 2.23. The second-order valence-electron chi connectivity index (χ2n) is 8.36. The van der Waals surface area contributed by atoms with Crippen LogP contribution >= 0.6 is 11.3 Å². The molecule has 0 saturated carbocycles. The minimum atomic E-state index is -0.116. The third-order valence-electron chi connectivity index (χ3n) is 5.55. The van der Waals surface area contributed by atoms with E-state index < -0.39 is 0 Å². The molecule has 1 atom stereocenters. The number of aryl methyl sites for hydroxylation is 1. The molecule has 1 amide bonds. The van der Waals surface area contributed by atoms with Crippen molar-refractivity contribution >= 4 is 44.7 Å². The summed E-state index contributed by atoms with van der Waals surface area (Å²) in [5, 5.41) is 17.1. The minimum Gasteiger partial charge on any atom is -0.382 e. The van der Waals surface area contributed by atoms with Crippen LogP contribution in [0, 0.1) is 0 Å². The van der Waals surface area contributed by atoms with E-state index in [4.69, 9.17) is 0 Å². The molecule has 9 heteroatoms. The molecule has 0 bridgehead atoms. The Morgan fingerprint density at radius 2 is 2.12 bits per heavy atom. The van der Waals surface area contributed by atoms with Crippen LogP contribution in [0.4, 0.5) is 17.2 Å². The monoisotopic (exact) mass is 447 g/mol. The fraction of sp³-hybridized carbons (Fsp3) is 0.304. The third-order valence-corrected chi connectivity index (χ3v) is 6.34. The second-order valence-corrected chi connectivity index (χ2v) is 9.25. The molecule has 0 fully saturated rings. The van der Waals surface area contributed by atoms with Gasteiger partial charge in [0.1, 0.15) is 5.82 Å². The molecule has 1 aliphatic carbocycles. The van der Waals surface area contributed by atoms with E-state index in [9.17, 15) is 4.79 Å². The van der Waals surface area contributed by atoms with Gasteiger partial charge in [0.15, 0.2) is 0 Å². The molecule has 3 heterocycles. The zero-order valence-electron chi connectivity index (χ0n) is 18.0. The molecule has 0 spiro atoms. The van der Waals surface area contributed by atoms with Gasteiger partial charge in [0.25, 0.3) is 5.91 Å². The predicted molar refractivity (Wildman–Crippen MR) is 128 cm³/mol. The highest BCUT2D eigenvalue weighted by molar-refractivity contribution is 7.16. The van der Waals surface area contributed by atoms with Crippen molar-refractivity contribution < 1.29 is 4.79 Å². The molecule has 164 valence electrons. The van der Waals surface area contributed by atoms with Crippen LogP contribution in [0.15, 0.2) is 42.2 Å². The van der Waals surface area contributed by atoms with Crippen molar-refractivity contribution in [3.8, 4) is 0 Å². The molecule has 5 rings (SSSR count). The predicted octanol–water partition coefficient (Wildman–Crippen LogP) is 4.27. The summed E-state index contributed by atoms with van der Waals surface area (Å²) in [6, 6.07) is 8.17. The van der Waals surface area contributed by atoms with Gasteiger partial charge in [0, 0.05) is 35.7 Å². The van der Waals surface area contributed by atoms with Crippen LogP contribution in [0.1, 0.15) is 41.9 Å². The first-order chi connectivity index (χ1) is 15.5. The number of fused-ring (bicyclic) bond motifs is 2. The number of nitrogens with one attached hydrogen (secondary N) is 4. The van der Waals surface area contributed by atoms with E-state index in [1.54, 1.807) is 17.5 Å². The van der Waals surface area contributed by atoms with Crippen molar-refractivity contribution in [1.82, 2.24) is 25.5 Å². The van der Waals surface area contributed by atoms with E-state index in [1.165, 1.54) is 11.3 Å². The normalized spacial score (nSPS) is 15.5. The highest BCUT2D eigenvalue weighted by Crippen LogP contribution is 2.27. The summed E-state index contributed by atoms with van der Waals surface area (Å²) in [5.74, 6) is 0.560. The van der Waals surface area contributed by atoms with Crippen molar-refractivity contribution in [2.45, 2.75) is 45.2 Å². The zero-order valence-corrected chi connectivity index (χ0v) is 18.8. The number of rotatable bonds is 6. The zero-order chi connectivity index (χ0) is 22.1. The molecule has 4 aromatic rings. The summed E-state index contributed by atoms with van der Waals surface area (Å²) in [7, 11) is 0. The van der Waals surface area contributed by atoms with Crippen LogP contribution in [-0.4, -0.2) is 38.2 Å². The van der Waals surface area contributed by atoms with Crippen molar-refractivity contribution in [3.05, 3.63) is 59.0 Å². The van der Waals surface area contributed by atoms with Gasteiger partial charge in [-0.05, 0) is 56.9 Å². The number of aromatic amines is 1. The number of benzene rings is 1. The van der Waals surface area contributed by atoms with E-state index in [-0.39, 0.29) is 18.0 Å². The van der Waals surface area contributed by atoms with Crippen LogP contribution in [0.3, 0.4) is 0 Å². The molecule has 0 radical (unpaired) electrons. The Morgan fingerprint density at radius 3 is 3.00 bits per heavy atom. The number of carbonyl (C=O) groups excluding carboxylic acids is 1. The minimum absolute atomic E-state index is 0.0865. The molecule has 1 aromatic carbocycles. The summed E-state index contributed by atoms with van der Waals surface area (Å²) in [6.07, 6.45) is 6.06. The van der Waals surface area contributed by atoms with Crippen LogP contribution in [0.2, 0.25) is 0 Å². The van der Waals surface area contributed by atoms with E-state index in [2.05, 4.69) is 56.0 Å². The first-order valence-corrected chi connectivity index (χ1v) is 11.6. The first-order valence-electron chi connectivity index (χ1n) is 10.7. The van der Waals surface area contributed by atoms with E-state index in [0.29, 0.717) is 11.4 Å². The van der Waals surface area contributed by atoms with Crippen LogP contribution in [0.5, 0.6) is 0 Å². The van der Waals surface area contributed by atoms with Gasteiger partial charge in [-0.25, -0.2) is 9.97 Å². The molecule has 3 aromatic heterocycles. The molecule has 32 heavy (non-hydrogen) atoms. The van der Waals surface area contributed by atoms with Gasteiger partial charge in [-0.2, -0.15) is 5.10 Å². The van der Waals surface area contributed by atoms with Crippen LogP contribution < -0.4 is 16.0 Å². The summed E-state index contributed by atoms with van der Waals surface area (Å²) in [4.78, 5) is 21.9. The first kappa shape index (κ1) is 20.4. The average molecular weight is 448 g/mol. The molecule has 1 aliphatic rings. The molecule has 0 saturated heterocycles. The van der Waals surface area contributed by atoms with Crippen molar-refractivity contribution in [1.29, 1.82) is 0 Å². The van der Waals surface area contributed by atoms with Gasteiger partial charge in [-0.3, -0.25) is 9.89 Å². The van der Waals surface area contributed by atoms with Gasteiger partial charge in [0.2, 0.25) is 0 Å². The highest BCUT2D eigenvalue weighted by atomic mass is 32.1. The number of nitrogens with zero attached hydrogens (tertiary/aromatic N) is 3. The number of hydrogen-bond acceptors (Lipinski definition) is 7. The topological polar surface area (TPSA) is 108 Å². The van der Waals surface area contributed by atoms with E-state index in [1.807, 2.05) is 29.9 Å².